The summed E-state index contributed by atoms with van der Waals surface area (Å²) in [4.78, 5) is 11.9. The molecule has 0 fully saturated rings. The van der Waals surface area contributed by atoms with E-state index in [2.05, 4.69) is 5.32 Å². The molecule has 0 radical (unpaired) electrons. The van der Waals surface area contributed by atoms with Gasteiger partial charge in [0.25, 0.3) is 0 Å². The van der Waals surface area contributed by atoms with Gasteiger partial charge in [0.05, 0.1) is 18.6 Å². The summed E-state index contributed by atoms with van der Waals surface area (Å²) in [7, 11) is -1.89. The van der Waals surface area contributed by atoms with E-state index >= 15 is 0 Å². The maximum absolute atomic E-state index is 12.1. The van der Waals surface area contributed by atoms with E-state index < -0.39 is 10.0 Å². The van der Waals surface area contributed by atoms with Crippen LogP contribution < -0.4 is 9.62 Å². The molecule has 0 aromatic heterocycles. The van der Waals surface area contributed by atoms with Gasteiger partial charge in [-0.05, 0) is 38.0 Å². The second kappa shape index (κ2) is 9.25. The maximum atomic E-state index is 12.1. The molecule has 136 valence electrons. The van der Waals surface area contributed by atoms with Crippen LogP contribution >= 0.6 is 11.6 Å². The van der Waals surface area contributed by atoms with Crippen LogP contribution in [-0.4, -0.2) is 46.9 Å². The molecule has 0 aliphatic rings. The highest BCUT2D eigenvalue weighted by Crippen LogP contribution is 2.26. The minimum absolute atomic E-state index is 0.0799. The van der Waals surface area contributed by atoms with Gasteiger partial charge in [-0.1, -0.05) is 17.7 Å². The zero-order chi connectivity index (χ0) is 18.3. The van der Waals surface area contributed by atoms with Gasteiger partial charge in [-0.25, -0.2) is 8.42 Å². The van der Waals surface area contributed by atoms with Crippen LogP contribution in [-0.2, 0) is 19.6 Å². The molecular formula is C16H25ClN2O4S. The Labute approximate surface area is 149 Å². The molecular weight excluding hydrogens is 352 g/mol. The fraction of sp³-hybridized carbons (Fsp3) is 0.562. The van der Waals surface area contributed by atoms with Gasteiger partial charge in [0.15, 0.2) is 0 Å². The van der Waals surface area contributed by atoms with Gasteiger partial charge < -0.3 is 10.1 Å². The van der Waals surface area contributed by atoms with Gasteiger partial charge in [0, 0.05) is 31.1 Å². The number of ether oxygens (including phenoxy) is 1. The van der Waals surface area contributed by atoms with Gasteiger partial charge in [-0.15, -0.1) is 0 Å². The highest BCUT2D eigenvalue weighted by Gasteiger charge is 2.20. The molecule has 0 heterocycles. The van der Waals surface area contributed by atoms with Crippen molar-refractivity contribution in [3.63, 3.8) is 0 Å². The van der Waals surface area contributed by atoms with Crippen molar-refractivity contribution in [2.75, 3.05) is 30.8 Å². The number of carbonyl (C=O) groups excluding carboxylic acids is 1. The third-order valence-electron chi connectivity index (χ3n) is 3.43. The van der Waals surface area contributed by atoms with Gasteiger partial charge in [-0.3, -0.25) is 9.10 Å². The quantitative estimate of drug-likeness (QED) is 0.717. The number of sulfonamides is 1. The Kier molecular flexibility index (Phi) is 7.99. The van der Waals surface area contributed by atoms with Crippen molar-refractivity contribution < 1.29 is 17.9 Å². The Morgan fingerprint density at radius 2 is 2.08 bits per heavy atom. The summed E-state index contributed by atoms with van der Waals surface area (Å²) in [5, 5.41) is 3.27. The Balaban J connectivity index is 2.73. The number of hydrogen-bond donors (Lipinski definition) is 1. The van der Waals surface area contributed by atoms with Crippen molar-refractivity contribution in [2.24, 2.45) is 0 Å². The lowest BCUT2D eigenvalue weighted by Crippen LogP contribution is -2.36. The molecule has 8 heteroatoms. The fourth-order valence-corrected chi connectivity index (χ4v) is 3.52. The molecule has 0 saturated carbocycles. The number of nitrogens with zero attached hydrogens (tertiary/aromatic N) is 1. The number of amides is 1. The van der Waals surface area contributed by atoms with Crippen molar-refractivity contribution in [1.29, 1.82) is 0 Å². The Hall–Kier alpha value is -1.31. The highest BCUT2D eigenvalue weighted by atomic mass is 35.5. The SMILES string of the molecule is COCC(C)NC(=O)CCCN(c1cc(Cl)ccc1C)S(C)(=O)=O. The molecule has 1 unspecified atom stereocenters. The van der Waals surface area contributed by atoms with Gasteiger partial charge >= 0.3 is 0 Å². The largest absolute Gasteiger partial charge is 0.383 e. The van der Waals surface area contributed by atoms with E-state index in [4.69, 9.17) is 16.3 Å². The monoisotopic (exact) mass is 376 g/mol. The van der Waals surface area contributed by atoms with E-state index in [1.165, 1.54) is 4.31 Å². The predicted molar refractivity (Wildman–Crippen MR) is 97.1 cm³/mol. The summed E-state index contributed by atoms with van der Waals surface area (Å²) < 4.78 is 30.5. The van der Waals surface area contributed by atoms with Gasteiger partial charge in [0.2, 0.25) is 15.9 Å². The summed E-state index contributed by atoms with van der Waals surface area (Å²) in [6.07, 6.45) is 1.79. The van der Waals surface area contributed by atoms with Crippen LogP contribution in [0.5, 0.6) is 0 Å². The normalized spacial score (nSPS) is 12.7. The molecule has 1 amide bonds. The average Bonchev–Trinajstić information content (AvgIpc) is 2.45. The fourth-order valence-electron chi connectivity index (χ4n) is 2.34. The molecule has 0 aliphatic heterocycles. The first kappa shape index (κ1) is 20.7. The Bertz CT molecular complexity index is 664. The first-order chi connectivity index (χ1) is 11.1. The number of anilines is 1. The highest BCUT2D eigenvalue weighted by molar-refractivity contribution is 7.92. The van der Waals surface area contributed by atoms with Crippen LogP contribution in [0.2, 0.25) is 5.02 Å². The molecule has 1 rings (SSSR count). The van der Waals surface area contributed by atoms with Crippen LogP contribution in [0.25, 0.3) is 0 Å². The molecule has 1 N–H and O–H groups in total. The molecule has 0 aliphatic carbocycles. The minimum Gasteiger partial charge on any atom is -0.383 e. The number of methoxy groups -OCH3 is 1. The lowest BCUT2D eigenvalue weighted by molar-refractivity contribution is -0.122. The van der Waals surface area contributed by atoms with Crippen molar-refractivity contribution in [3.8, 4) is 0 Å². The predicted octanol–water partition coefficient (Wildman–Crippen LogP) is 2.35. The van der Waals surface area contributed by atoms with E-state index in [1.54, 1.807) is 25.3 Å². The minimum atomic E-state index is -3.46. The van der Waals surface area contributed by atoms with Crippen LogP contribution in [0.3, 0.4) is 0 Å². The lowest BCUT2D eigenvalue weighted by Gasteiger charge is -2.24. The second-order valence-corrected chi connectivity index (χ2v) is 8.14. The maximum Gasteiger partial charge on any atom is 0.232 e. The number of aryl methyl sites for hydroxylation is 1. The first-order valence-electron chi connectivity index (χ1n) is 7.67. The van der Waals surface area contributed by atoms with E-state index in [1.807, 2.05) is 13.8 Å². The van der Waals surface area contributed by atoms with Crippen molar-refractivity contribution >= 4 is 33.2 Å². The van der Waals surface area contributed by atoms with Crippen LogP contribution in [0.1, 0.15) is 25.3 Å². The smallest absolute Gasteiger partial charge is 0.232 e. The molecule has 24 heavy (non-hydrogen) atoms. The summed E-state index contributed by atoms with van der Waals surface area (Å²) in [6, 6.07) is 5.03. The Morgan fingerprint density at radius 1 is 1.42 bits per heavy atom. The summed E-state index contributed by atoms with van der Waals surface area (Å²) >= 11 is 5.99. The third kappa shape index (κ3) is 6.67. The van der Waals surface area contributed by atoms with E-state index in [0.717, 1.165) is 11.8 Å². The summed E-state index contributed by atoms with van der Waals surface area (Å²) in [5.74, 6) is -0.129. The second-order valence-electron chi connectivity index (χ2n) is 5.79. The zero-order valence-electron chi connectivity index (χ0n) is 14.5. The number of rotatable bonds is 9. The lowest BCUT2D eigenvalue weighted by atomic mass is 10.2. The number of halogens is 1. The molecule has 1 aromatic carbocycles. The van der Waals surface area contributed by atoms with Crippen LogP contribution in [0.4, 0.5) is 5.69 Å². The summed E-state index contributed by atoms with van der Waals surface area (Å²) in [6.45, 7) is 4.32. The van der Waals surface area contributed by atoms with Gasteiger partial charge in [-0.2, -0.15) is 0 Å². The summed E-state index contributed by atoms with van der Waals surface area (Å²) in [5.41, 5.74) is 1.35. The number of nitrogens with one attached hydrogen (secondary N) is 1. The van der Waals surface area contributed by atoms with Gasteiger partial charge in [0.1, 0.15) is 0 Å². The van der Waals surface area contributed by atoms with Crippen molar-refractivity contribution in [2.45, 2.75) is 32.7 Å². The average molecular weight is 377 g/mol. The van der Waals surface area contributed by atoms with Crippen molar-refractivity contribution in [1.82, 2.24) is 5.32 Å². The Morgan fingerprint density at radius 3 is 2.67 bits per heavy atom. The number of benzene rings is 1. The van der Waals surface area contributed by atoms with E-state index in [9.17, 15) is 13.2 Å². The molecule has 6 nitrogen and oxygen atoms in total. The standard InChI is InChI=1S/C16H25ClN2O4S/c1-12-7-8-14(17)10-15(12)19(24(4,21)22)9-5-6-16(20)18-13(2)11-23-3/h7-8,10,13H,5-6,9,11H2,1-4H3,(H,18,20). The van der Waals surface area contributed by atoms with E-state index in [0.29, 0.717) is 23.7 Å². The molecule has 0 bridgehead atoms. The molecule has 0 saturated heterocycles. The van der Waals surface area contributed by atoms with Crippen LogP contribution in [0, 0.1) is 6.92 Å². The van der Waals surface area contributed by atoms with Crippen LogP contribution in [0.15, 0.2) is 18.2 Å². The first-order valence-corrected chi connectivity index (χ1v) is 9.90. The zero-order valence-corrected chi connectivity index (χ0v) is 16.1. The topological polar surface area (TPSA) is 75.7 Å². The van der Waals surface area contributed by atoms with E-state index in [-0.39, 0.29) is 24.9 Å². The number of carbonyl (C=O) groups is 1. The third-order valence-corrected chi connectivity index (χ3v) is 4.84. The molecule has 0 spiro atoms. The molecule has 1 aromatic rings. The number of hydrogen-bond acceptors (Lipinski definition) is 4. The van der Waals surface area contributed by atoms with Crippen molar-refractivity contribution in [3.05, 3.63) is 28.8 Å². The molecule has 1 atom stereocenters.